The number of nitrogens with one attached hydrogen (secondary N) is 1. The lowest BCUT2D eigenvalue weighted by molar-refractivity contribution is 0.433. The van der Waals surface area contributed by atoms with Crippen LogP contribution in [0.15, 0.2) is 16.5 Å². The van der Waals surface area contributed by atoms with Gasteiger partial charge in [-0.3, -0.25) is 0 Å². The fraction of sp³-hybridized carbons (Fsp3) is 0.538. The Morgan fingerprint density at radius 1 is 1.42 bits per heavy atom. The van der Waals surface area contributed by atoms with Crippen LogP contribution in [-0.2, 0) is 19.5 Å². The molecule has 3 rings (SSSR count). The molecule has 1 aliphatic heterocycles. The number of halogens is 1. The third kappa shape index (κ3) is 2.67. The van der Waals surface area contributed by atoms with E-state index in [2.05, 4.69) is 27.0 Å². The molecular weight excluding hydrogens is 264 g/mol. The van der Waals surface area contributed by atoms with Gasteiger partial charge in [0.15, 0.2) is 5.22 Å². The third-order valence-corrected chi connectivity index (χ3v) is 3.69. The van der Waals surface area contributed by atoms with Crippen molar-refractivity contribution >= 4 is 11.6 Å². The van der Waals surface area contributed by atoms with Crippen molar-refractivity contribution in [2.24, 2.45) is 0 Å². The van der Waals surface area contributed by atoms with Gasteiger partial charge in [0, 0.05) is 13.0 Å². The largest absolute Gasteiger partial charge is 0.448 e. The molecule has 0 aliphatic carbocycles. The Kier molecular flexibility index (Phi) is 3.57. The lowest BCUT2D eigenvalue weighted by Gasteiger charge is -2.18. The van der Waals surface area contributed by atoms with Gasteiger partial charge in [0.1, 0.15) is 17.4 Å². The van der Waals surface area contributed by atoms with Crippen molar-refractivity contribution in [3.63, 3.8) is 0 Å². The molecule has 19 heavy (non-hydrogen) atoms. The average Bonchev–Trinajstić information content (AvgIpc) is 3.02. The highest BCUT2D eigenvalue weighted by Crippen LogP contribution is 2.19. The average molecular weight is 281 g/mol. The van der Waals surface area contributed by atoms with Gasteiger partial charge in [-0.15, -0.1) is 10.2 Å². The summed E-state index contributed by atoms with van der Waals surface area (Å²) in [4.78, 5) is 0. The van der Waals surface area contributed by atoms with Crippen molar-refractivity contribution in [1.82, 2.24) is 20.1 Å². The first-order valence-corrected chi connectivity index (χ1v) is 7.01. The maximum atomic E-state index is 5.75. The molecule has 6 heteroatoms. The topological polar surface area (TPSA) is 55.9 Å². The molecule has 0 bridgehead atoms. The second kappa shape index (κ2) is 5.35. The predicted octanol–water partition coefficient (Wildman–Crippen LogP) is 2.71. The number of hydrogen-bond donors (Lipinski definition) is 1. The van der Waals surface area contributed by atoms with Gasteiger partial charge in [-0.2, -0.15) is 0 Å². The lowest BCUT2D eigenvalue weighted by atomic mass is 10.1. The van der Waals surface area contributed by atoms with Crippen molar-refractivity contribution in [2.75, 3.05) is 0 Å². The van der Waals surface area contributed by atoms with Gasteiger partial charge in [-0.05, 0) is 43.5 Å². The molecule has 0 amide bonds. The van der Waals surface area contributed by atoms with E-state index in [4.69, 9.17) is 16.0 Å². The summed E-state index contributed by atoms with van der Waals surface area (Å²) in [5.41, 5.74) is 0. The molecule has 0 fully saturated rings. The number of fused-ring (bicyclic) bond motifs is 1. The van der Waals surface area contributed by atoms with E-state index in [0.29, 0.717) is 11.8 Å². The van der Waals surface area contributed by atoms with Crippen LogP contribution in [0.5, 0.6) is 0 Å². The fourth-order valence-corrected chi connectivity index (χ4v) is 2.60. The molecule has 1 aliphatic rings. The number of hydrogen-bond acceptors (Lipinski definition) is 4. The van der Waals surface area contributed by atoms with Crippen molar-refractivity contribution < 1.29 is 4.42 Å². The third-order valence-electron chi connectivity index (χ3n) is 3.49. The van der Waals surface area contributed by atoms with Crippen LogP contribution in [0.4, 0.5) is 0 Å². The Balaban J connectivity index is 1.67. The van der Waals surface area contributed by atoms with Crippen LogP contribution in [0.2, 0.25) is 5.22 Å². The Morgan fingerprint density at radius 2 is 2.32 bits per heavy atom. The zero-order chi connectivity index (χ0) is 13.2. The second-order valence-electron chi connectivity index (χ2n) is 4.89. The van der Waals surface area contributed by atoms with E-state index >= 15 is 0 Å². The monoisotopic (exact) mass is 280 g/mol. The quantitative estimate of drug-likeness (QED) is 0.936. The van der Waals surface area contributed by atoms with Crippen LogP contribution < -0.4 is 5.32 Å². The van der Waals surface area contributed by atoms with E-state index in [1.165, 1.54) is 12.8 Å². The van der Waals surface area contributed by atoms with E-state index in [1.54, 1.807) is 6.07 Å². The molecule has 1 N–H and O–H groups in total. The summed E-state index contributed by atoms with van der Waals surface area (Å²) in [5, 5.41) is 12.4. The molecule has 2 aromatic heterocycles. The van der Waals surface area contributed by atoms with Crippen molar-refractivity contribution in [2.45, 2.75) is 45.3 Å². The van der Waals surface area contributed by atoms with Gasteiger partial charge in [0.05, 0.1) is 12.6 Å². The highest BCUT2D eigenvalue weighted by Gasteiger charge is 2.19. The van der Waals surface area contributed by atoms with Crippen LogP contribution >= 0.6 is 11.6 Å². The SMILES string of the molecule is C[C@@H](NCc1ccc(Cl)o1)c1nnc2n1CCCC2. The first-order chi connectivity index (χ1) is 9.24. The number of aromatic nitrogens is 3. The molecular formula is C13H17ClN4O. The molecule has 0 aromatic carbocycles. The number of aryl methyl sites for hydroxylation is 1. The fourth-order valence-electron chi connectivity index (χ4n) is 2.44. The summed E-state index contributed by atoms with van der Waals surface area (Å²) >= 11 is 5.75. The number of furan rings is 1. The smallest absolute Gasteiger partial charge is 0.193 e. The van der Waals surface area contributed by atoms with Gasteiger partial charge in [-0.25, -0.2) is 0 Å². The summed E-state index contributed by atoms with van der Waals surface area (Å²) in [6, 6.07) is 3.77. The van der Waals surface area contributed by atoms with E-state index in [9.17, 15) is 0 Å². The molecule has 1 atom stereocenters. The molecule has 3 heterocycles. The Labute approximate surface area is 117 Å². The Bertz CT molecular complexity index is 563. The van der Waals surface area contributed by atoms with E-state index in [0.717, 1.165) is 30.4 Å². The minimum atomic E-state index is 0.142. The van der Waals surface area contributed by atoms with Crippen LogP contribution in [0.1, 0.15) is 43.2 Å². The standard InChI is InChI=1S/C13H17ClN4O/c1-9(15-8-10-5-6-11(14)19-10)13-17-16-12-4-2-3-7-18(12)13/h5-6,9,15H,2-4,7-8H2,1H3/t9-/m1/s1. The summed E-state index contributed by atoms with van der Waals surface area (Å²) < 4.78 is 7.56. The van der Waals surface area contributed by atoms with Gasteiger partial charge in [-0.1, -0.05) is 0 Å². The molecule has 0 spiro atoms. The number of nitrogens with zero attached hydrogens (tertiary/aromatic N) is 3. The van der Waals surface area contributed by atoms with Gasteiger partial charge in [0.2, 0.25) is 0 Å². The summed E-state index contributed by atoms with van der Waals surface area (Å²) in [5.74, 6) is 2.94. The second-order valence-corrected chi connectivity index (χ2v) is 5.26. The van der Waals surface area contributed by atoms with E-state index < -0.39 is 0 Å². The van der Waals surface area contributed by atoms with Crippen molar-refractivity contribution in [1.29, 1.82) is 0 Å². The Morgan fingerprint density at radius 3 is 3.11 bits per heavy atom. The minimum absolute atomic E-state index is 0.142. The molecule has 102 valence electrons. The zero-order valence-corrected chi connectivity index (χ0v) is 11.7. The van der Waals surface area contributed by atoms with E-state index in [-0.39, 0.29) is 6.04 Å². The summed E-state index contributed by atoms with van der Waals surface area (Å²) in [6.07, 6.45) is 3.46. The molecule has 0 saturated carbocycles. The van der Waals surface area contributed by atoms with Crippen LogP contribution in [0.3, 0.4) is 0 Å². The first kappa shape index (κ1) is 12.7. The molecule has 0 radical (unpaired) electrons. The van der Waals surface area contributed by atoms with Crippen LogP contribution in [-0.4, -0.2) is 14.8 Å². The van der Waals surface area contributed by atoms with Gasteiger partial charge < -0.3 is 14.3 Å². The molecule has 2 aromatic rings. The Hall–Kier alpha value is -1.33. The molecule has 5 nitrogen and oxygen atoms in total. The van der Waals surface area contributed by atoms with Crippen molar-refractivity contribution in [3.8, 4) is 0 Å². The minimum Gasteiger partial charge on any atom is -0.448 e. The highest BCUT2D eigenvalue weighted by molar-refractivity contribution is 6.28. The maximum absolute atomic E-state index is 5.75. The maximum Gasteiger partial charge on any atom is 0.193 e. The van der Waals surface area contributed by atoms with Gasteiger partial charge >= 0.3 is 0 Å². The lowest BCUT2D eigenvalue weighted by Crippen LogP contribution is -2.23. The first-order valence-electron chi connectivity index (χ1n) is 6.63. The number of rotatable bonds is 4. The van der Waals surface area contributed by atoms with E-state index in [1.807, 2.05) is 6.07 Å². The normalized spacial score (nSPS) is 16.3. The highest BCUT2D eigenvalue weighted by atomic mass is 35.5. The summed E-state index contributed by atoms with van der Waals surface area (Å²) in [7, 11) is 0. The molecule has 0 saturated heterocycles. The van der Waals surface area contributed by atoms with Crippen LogP contribution in [0, 0.1) is 0 Å². The zero-order valence-electron chi connectivity index (χ0n) is 10.9. The van der Waals surface area contributed by atoms with Crippen LogP contribution in [0.25, 0.3) is 0 Å². The predicted molar refractivity (Wildman–Crippen MR) is 71.9 cm³/mol. The summed E-state index contributed by atoms with van der Waals surface area (Å²) in [6.45, 7) is 3.75. The van der Waals surface area contributed by atoms with Crippen molar-refractivity contribution in [3.05, 3.63) is 34.8 Å². The molecule has 0 unspecified atom stereocenters. The van der Waals surface area contributed by atoms with Gasteiger partial charge in [0.25, 0.3) is 0 Å².